The van der Waals surface area contributed by atoms with Crippen molar-refractivity contribution >= 4 is 35.1 Å². The van der Waals surface area contributed by atoms with E-state index in [1.165, 1.54) is 0 Å². The smallest absolute Gasteiger partial charge is 0.241 e. The number of oxazole rings is 1. The Hall–Kier alpha value is -1.59. The minimum absolute atomic E-state index is 0. The Kier molecular flexibility index (Phi) is 4.54. The van der Waals surface area contributed by atoms with E-state index < -0.39 is 6.04 Å². The molecule has 1 aliphatic rings. The predicted molar refractivity (Wildman–Crippen MR) is 84.7 cm³/mol. The lowest BCUT2D eigenvalue weighted by atomic mass is 10.0. The summed E-state index contributed by atoms with van der Waals surface area (Å²) in [6, 6.07) is 4.98. The lowest BCUT2D eigenvalue weighted by Crippen LogP contribution is -2.39. The van der Waals surface area contributed by atoms with Gasteiger partial charge >= 0.3 is 0 Å². The lowest BCUT2D eigenvalue weighted by Gasteiger charge is -2.15. The van der Waals surface area contributed by atoms with Crippen LogP contribution in [0, 0.1) is 5.92 Å². The summed E-state index contributed by atoms with van der Waals surface area (Å²) in [5, 5.41) is 2.82. The second kappa shape index (κ2) is 6.03. The third-order valence-corrected chi connectivity index (χ3v) is 3.62. The van der Waals surface area contributed by atoms with Crippen LogP contribution >= 0.6 is 12.4 Å². The fourth-order valence-corrected chi connectivity index (χ4v) is 2.05. The first kappa shape index (κ1) is 15.8. The molecule has 0 aliphatic heterocycles. The number of nitrogens with zero attached hydrogens (tertiary/aromatic N) is 1. The molecule has 1 heterocycles. The number of aromatic nitrogens is 1. The zero-order valence-electron chi connectivity index (χ0n) is 12.1. The maximum absolute atomic E-state index is 11.9. The van der Waals surface area contributed by atoms with Gasteiger partial charge in [-0.15, -0.1) is 12.4 Å². The van der Waals surface area contributed by atoms with Crippen molar-refractivity contribution in [3.63, 3.8) is 0 Å². The number of carbonyl (C=O) groups is 1. The lowest BCUT2D eigenvalue weighted by molar-refractivity contribution is -0.118. The molecule has 1 aliphatic carbocycles. The average Bonchev–Trinajstić information content (AvgIpc) is 3.17. The Morgan fingerprint density at radius 3 is 2.76 bits per heavy atom. The number of nitrogens with two attached hydrogens (primary N) is 1. The molecule has 1 amide bonds. The highest BCUT2D eigenvalue weighted by Gasteiger charge is 2.29. The predicted octanol–water partition coefficient (Wildman–Crippen LogP) is 3.05. The van der Waals surface area contributed by atoms with Crippen LogP contribution in [0.15, 0.2) is 22.6 Å². The molecule has 5 nitrogen and oxygen atoms in total. The summed E-state index contributed by atoms with van der Waals surface area (Å²) in [6.07, 6.45) is 2.30. The molecular weight excluding hydrogens is 290 g/mol. The number of fused-ring (bicyclic) bond motifs is 1. The van der Waals surface area contributed by atoms with Crippen molar-refractivity contribution in [2.75, 3.05) is 5.32 Å². The Bertz CT molecular complexity index is 649. The van der Waals surface area contributed by atoms with Crippen LogP contribution in [0.1, 0.15) is 38.5 Å². The Morgan fingerprint density at radius 1 is 1.43 bits per heavy atom. The third-order valence-electron chi connectivity index (χ3n) is 3.62. The molecule has 1 aromatic heterocycles. The van der Waals surface area contributed by atoms with Gasteiger partial charge in [-0.2, -0.15) is 0 Å². The molecule has 1 aromatic carbocycles. The molecule has 0 radical (unpaired) electrons. The average molecular weight is 310 g/mol. The standard InChI is InChI=1S/C15H19N3O2.ClH/c1-8(2)13(16)14(19)17-10-5-6-11-12(7-10)20-15(18-11)9-3-4-9;/h5-9,13H,3-4,16H2,1-2H3,(H,17,19);1H/t13-;/m0./s1. The number of carbonyl (C=O) groups excluding carboxylic acids is 1. The largest absolute Gasteiger partial charge is 0.440 e. The number of benzene rings is 1. The number of hydrogen-bond donors (Lipinski definition) is 2. The minimum Gasteiger partial charge on any atom is -0.440 e. The van der Waals surface area contributed by atoms with Gasteiger partial charge in [0, 0.05) is 17.7 Å². The molecular formula is C15H20ClN3O2. The molecule has 3 N–H and O–H groups in total. The molecule has 1 saturated carbocycles. The highest BCUT2D eigenvalue weighted by Crippen LogP contribution is 2.40. The second-order valence-electron chi connectivity index (χ2n) is 5.77. The van der Waals surface area contributed by atoms with E-state index in [0.29, 0.717) is 17.2 Å². The van der Waals surface area contributed by atoms with E-state index in [1.807, 2.05) is 26.0 Å². The first-order chi connectivity index (χ1) is 9.54. The van der Waals surface area contributed by atoms with Gasteiger partial charge in [0.15, 0.2) is 11.5 Å². The van der Waals surface area contributed by atoms with Gasteiger partial charge in [0.1, 0.15) is 5.52 Å². The first-order valence-corrected chi connectivity index (χ1v) is 7.01. The van der Waals surface area contributed by atoms with Crippen LogP contribution in [-0.2, 0) is 4.79 Å². The van der Waals surface area contributed by atoms with Gasteiger partial charge in [0.2, 0.25) is 5.91 Å². The van der Waals surface area contributed by atoms with Crippen LogP contribution in [0.4, 0.5) is 5.69 Å². The van der Waals surface area contributed by atoms with Gasteiger partial charge in [-0.3, -0.25) is 4.79 Å². The molecule has 3 rings (SSSR count). The van der Waals surface area contributed by atoms with Crippen LogP contribution in [0.2, 0.25) is 0 Å². The van der Waals surface area contributed by atoms with E-state index in [9.17, 15) is 4.79 Å². The second-order valence-corrected chi connectivity index (χ2v) is 5.77. The first-order valence-electron chi connectivity index (χ1n) is 7.01. The zero-order chi connectivity index (χ0) is 14.3. The molecule has 0 bridgehead atoms. The molecule has 1 fully saturated rings. The highest BCUT2D eigenvalue weighted by molar-refractivity contribution is 5.96. The summed E-state index contributed by atoms with van der Waals surface area (Å²) in [7, 11) is 0. The van der Waals surface area contributed by atoms with Crippen LogP contribution in [-0.4, -0.2) is 16.9 Å². The Balaban J connectivity index is 0.00000161. The Labute approximate surface area is 129 Å². The van der Waals surface area contributed by atoms with Crippen molar-refractivity contribution in [3.05, 3.63) is 24.1 Å². The van der Waals surface area contributed by atoms with Gasteiger partial charge in [-0.1, -0.05) is 13.8 Å². The van der Waals surface area contributed by atoms with E-state index in [4.69, 9.17) is 10.2 Å². The van der Waals surface area contributed by atoms with Crippen molar-refractivity contribution in [2.24, 2.45) is 11.7 Å². The fourth-order valence-electron chi connectivity index (χ4n) is 2.05. The molecule has 0 spiro atoms. The number of hydrogen-bond acceptors (Lipinski definition) is 4. The quantitative estimate of drug-likeness (QED) is 0.909. The molecule has 0 unspecified atom stereocenters. The van der Waals surface area contributed by atoms with E-state index in [0.717, 1.165) is 24.2 Å². The summed E-state index contributed by atoms with van der Waals surface area (Å²) in [4.78, 5) is 16.4. The summed E-state index contributed by atoms with van der Waals surface area (Å²) < 4.78 is 5.73. The molecule has 0 saturated heterocycles. The van der Waals surface area contributed by atoms with Crippen molar-refractivity contribution in [2.45, 2.75) is 38.6 Å². The molecule has 6 heteroatoms. The number of anilines is 1. The summed E-state index contributed by atoms with van der Waals surface area (Å²) in [5.41, 5.74) is 8.06. The van der Waals surface area contributed by atoms with Gasteiger partial charge in [-0.05, 0) is 30.9 Å². The minimum atomic E-state index is -0.512. The highest BCUT2D eigenvalue weighted by atomic mass is 35.5. The number of nitrogens with one attached hydrogen (secondary N) is 1. The van der Waals surface area contributed by atoms with Gasteiger partial charge in [-0.25, -0.2) is 4.98 Å². The molecule has 114 valence electrons. The maximum Gasteiger partial charge on any atom is 0.241 e. The number of halogens is 1. The summed E-state index contributed by atoms with van der Waals surface area (Å²) in [5.74, 6) is 1.21. The van der Waals surface area contributed by atoms with Crippen molar-refractivity contribution < 1.29 is 9.21 Å². The molecule has 1 atom stereocenters. The van der Waals surface area contributed by atoms with Crippen molar-refractivity contribution in [3.8, 4) is 0 Å². The van der Waals surface area contributed by atoms with E-state index in [-0.39, 0.29) is 24.2 Å². The summed E-state index contributed by atoms with van der Waals surface area (Å²) >= 11 is 0. The van der Waals surface area contributed by atoms with Crippen LogP contribution in [0.25, 0.3) is 11.1 Å². The van der Waals surface area contributed by atoms with Crippen molar-refractivity contribution in [1.29, 1.82) is 0 Å². The number of amides is 1. The fraction of sp³-hybridized carbons (Fsp3) is 0.467. The summed E-state index contributed by atoms with van der Waals surface area (Å²) in [6.45, 7) is 3.84. The normalized spacial score (nSPS) is 15.8. The van der Waals surface area contributed by atoms with E-state index in [2.05, 4.69) is 10.3 Å². The van der Waals surface area contributed by atoms with Crippen LogP contribution in [0.3, 0.4) is 0 Å². The molecule has 2 aromatic rings. The molecule has 21 heavy (non-hydrogen) atoms. The van der Waals surface area contributed by atoms with E-state index in [1.54, 1.807) is 6.07 Å². The maximum atomic E-state index is 11.9. The number of rotatable bonds is 4. The van der Waals surface area contributed by atoms with Gasteiger partial charge in [0.25, 0.3) is 0 Å². The van der Waals surface area contributed by atoms with Crippen LogP contribution < -0.4 is 11.1 Å². The SMILES string of the molecule is CC(C)[C@H](N)C(=O)Nc1ccc2nc(C3CC3)oc2c1.Cl. The van der Waals surface area contributed by atoms with E-state index >= 15 is 0 Å². The topological polar surface area (TPSA) is 81.2 Å². The zero-order valence-corrected chi connectivity index (χ0v) is 12.9. The monoisotopic (exact) mass is 309 g/mol. The Morgan fingerprint density at radius 2 is 2.14 bits per heavy atom. The van der Waals surface area contributed by atoms with Gasteiger partial charge in [0.05, 0.1) is 6.04 Å². The van der Waals surface area contributed by atoms with Crippen LogP contribution in [0.5, 0.6) is 0 Å². The van der Waals surface area contributed by atoms with Gasteiger partial charge < -0.3 is 15.5 Å². The van der Waals surface area contributed by atoms with Crippen molar-refractivity contribution in [1.82, 2.24) is 4.98 Å². The third kappa shape index (κ3) is 3.36.